The van der Waals surface area contributed by atoms with Crippen LogP contribution in [-0.2, 0) is 4.79 Å². The summed E-state index contributed by atoms with van der Waals surface area (Å²) in [4.78, 5) is 14.3. The van der Waals surface area contributed by atoms with Crippen LogP contribution < -0.4 is 5.84 Å². The number of carbonyl (C=O) groups excluding carboxylic acids is 1. The number of nitrogens with zero attached hydrogens (tertiary/aromatic N) is 6. The lowest BCUT2D eigenvalue weighted by molar-refractivity contribution is -0.130. The molecule has 1 fully saturated rings. The van der Waals surface area contributed by atoms with E-state index in [0.29, 0.717) is 22.8 Å². The Bertz CT molecular complexity index is 738. The minimum Gasteiger partial charge on any atom is -0.342 e. The monoisotopic (exact) mass is 349 g/mol. The Balaban J connectivity index is 1.66. The Labute approximate surface area is 145 Å². The highest BCUT2D eigenvalue weighted by atomic mass is 32.2. The standard InChI is InChI=1S/C15H23N7OS/c1-10-5-4-6-20(8-10)13(23)9-24-15-18-17-14(21(15)16)22-12(3)7-11(2)19-22/h7,10H,4-6,8-9,16H2,1-3H3/t10-/m0/s1. The van der Waals surface area contributed by atoms with Gasteiger partial charge in [0.2, 0.25) is 11.1 Å². The number of amides is 1. The minimum absolute atomic E-state index is 0.127. The largest absolute Gasteiger partial charge is 0.342 e. The van der Waals surface area contributed by atoms with Crippen LogP contribution in [0.15, 0.2) is 11.2 Å². The van der Waals surface area contributed by atoms with Crippen LogP contribution in [0.3, 0.4) is 0 Å². The van der Waals surface area contributed by atoms with E-state index >= 15 is 0 Å². The molecule has 0 aromatic carbocycles. The normalized spacial score (nSPS) is 18.1. The second-order valence-electron chi connectivity index (χ2n) is 6.37. The van der Waals surface area contributed by atoms with Gasteiger partial charge in [-0.2, -0.15) is 5.10 Å². The van der Waals surface area contributed by atoms with E-state index in [4.69, 9.17) is 5.84 Å². The van der Waals surface area contributed by atoms with Crippen molar-refractivity contribution in [1.29, 1.82) is 0 Å². The first-order valence-corrected chi connectivity index (χ1v) is 9.09. The van der Waals surface area contributed by atoms with E-state index < -0.39 is 0 Å². The van der Waals surface area contributed by atoms with Gasteiger partial charge in [-0.05, 0) is 38.7 Å². The molecule has 0 saturated carbocycles. The van der Waals surface area contributed by atoms with Gasteiger partial charge in [0, 0.05) is 18.8 Å². The van der Waals surface area contributed by atoms with E-state index in [2.05, 4.69) is 22.2 Å². The van der Waals surface area contributed by atoms with Crippen molar-refractivity contribution < 1.29 is 4.79 Å². The third-order valence-electron chi connectivity index (χ3n) is 4.18. The zero-order valence-electron chi connectivity index (χ0n) is 14.3. The number of hydrogen-bond acceptors (Lipinski definition) is 6. The van der Waals surface area contributed by atoms with Gasteiger partial charge in [-0.25, -0.2) is 9.36 Å². The zero-order chi connectivity index (χ0) is 17.3. The molecule has 2 N–H and O–H groups in total. The van der Waals surface area contributed by atoms with Crippen LogP contribution in [0.5, 0.6) is 0 Å². The maximum absolute atomic E-state index is 12.4. The van der Waals surface area contributed by atoms with Crippen molar-refractivity contribution in [2.75, 3.05) is 24.7 Å². The average molecular weight is 349 g/mol. The van der Waals surface area contributed by atoms with Crippen LogP contribution >= 0.6 is 11.8 Å². The summed E-state index contributed by atoms with van der Waals surface area (Å²) >= 11 is 1.31. The molecule has 3 heterocycles. The van der Waals surface area contributed by atoms with Crippen LogP contribution in [0.2, 0.25) is 0 Å². The van der Waals surface area contributed by atoms with Gasteiger partial charge < -0.3 is 10.7 Å². The van der Waals surface area contributed by atoms with E-state index in [1.807, 2.05) is 24.8 Å². The minimum atomic E-state index is 0.127. The van der Waals surface area contributed by atoms with Gasteiger partial charge in [-0.3, -0.25) is 4.79 Å². The molecule has 3 rings (SSSR count). The Kier molecular flexibility index (Phi) is 4.79. The molecule has 0 aliphatic carbocycles. The molecular formula is C15H23N7OS. The van der Waals surface area contributed by atoms with Gasteiger partial charge in [0.1, 0.15) is 0 Å². The molecule has 2 aromatic rings. The van der Waals surface area contributed by atoms with Crippen LogP contribution in [0.4, 0.5) is 0 Å². The fourth-order valence-electron chi connectivity index (χ4n) is 2.98. The smallest absolute Gasteiger partial charge is 0.271 e. The molecule has 24 heavy (non-hydrogen) atoms. The molecule has 1 amide bonds. The van der Waals surface area contributed by atoms with E-state index in [1.165, 1.54) is 22.9 Å². The molecule has 9 heteroatoms. The van der Waals surface area contributed by atoms with Crippen LogP contribution in [0.1, 0.15) is 31.2 Å². The summed E-state index contributed by atoms with van der Waals surface area (Å²) < 4.78 is 3.04. The van der Waals surface area contributed by atoms with Gasteiger partial charge in [-0.1, -0.05) is 18.7 Å². The lowest BCUT2D eigenvalue weighted by Gasteiger charge is -2.30. The Morgan fingerprint density at radius 3 is 2.88 bits per heavy atom. The predicted molar refractivity (Wildman–Crippen MR) is 92.5 cm³/mol. The quantitative estimate of drug-likeness (QED) is 0.657. The van der Waals surface area contributed by atoms with Crippen molar-refractivity contribution in [2.45, 2.75) is 38.8 Å². The molecule has 1 atom stereocenters. The fourth-order valence-corrected chi connectivity index (χ4v) is 3.73. The van der Waals surface area contributed by atoms with E-state index in [1.54, 1.807) is 4.68 Å². The second kappa shape index (κ2) is 6.84. The number of likely N-dealkylation sites (tertiary alicyclic amines) is 1. The summed E-state index contributed by atoms with van der Waals surface area (Å²) in [7, 11) is 0. The van der Waals surface area contributed by atoms with Crippen molar-refractivity contribution in [3.63, 3.8) is 0 Å². The van der Waals surface area contributed by atoms with Crippen molar-refractivity contribution >= 4 is 17.7 Å². The number of aryl methyl sites for hydroxylation is 2. The number of aromatic nitrogens is 5. The van der Waals surface area contributed by atoms with E-state index in [-0.39, 0.29) is 5.91 Å². The second-order valence-corrected chi connectivity index (χ2v) is 7.31. The van der Waals surface area contributed by atoms with Gasteiger partial charge in [-0.15, -0.1) is 10.2 Å². The molecular weight excluding hydrogens is 326 g/mol. The molecule has 1 aliphatic heterocycles. The maximum atomic E-state index is 12.4. The van der Waals surface area contributed by atoms with Crippen molar-refractivity contribution in [3.05, 3.63) is 17.5 Å². The van der Waals surface area contributed by atoms with Crippen LogP contribution in [0.25, 0.3) is 5.95 Å². The zero-order valence-corrected chi connectivity index (χ0v) is 15.1. The van der Waals surface area contributed by atoms with Gasteiger partial charge in [0.25, 0.3) is 5.95 Å². The topological polar surface area (TPSA) is 94.9 Å². The number of nitrogen functional groups attached to an aromatic ring is 1. The molecule has 1 saturated heterocycles. The van der Waals surface area contributed by atoms with Crippen LogP contribution in [0, 0.1) is 19.8 Å². The highest BCUT2D eigenvalue weighted by Gasteiger charge is 2.22. The molecule has 8 nitrogen and oxygen atoms in total. The number of thioether (sulfide) groups is 1. The predicted octanol–water partition coefficient (Wildman–Crippen LogP) is 1.15. The highest BCUT2D eigenvalue weighted by Crippen LogP contribution is 2.20. The van der Waals surface area contributed by atoms with Crippen molar-refractivity contribution in [1.82, 2.24) is 29.6 Å². The lowest BCUT2D eigenvalue weighted by atomic mass is 10.0. The first-order valence-electron chi connectivity index (χ1n) is 8.10. The van der Waals surface area contributed by atoms with Gasteiger partial charge in [0.15, 0.2) is 0 Å². The number of carbonyl (C=O) groups is 1. The molecule has 0 radical (unpaired) electrons. The maximum Gasteiger partial charge on any atom is 0.271 e. The third kappa shape index (κ3) is 3.40. The Morgan fingerprint density at radius 1 is 1.42 bits per heavy atom. The van der Waals surface area contributed by atoms with Crippen molar-refractivity contribution in [2.24, 2.45) is 5.92 Å². The fraction of sp³-hybridized carbons (Fsp3) is 0.600. The van der Waals surface area contributed by atoms with E-state index in [0.717, 1.165) is 30.9 Å². The molecule has 0 spiro atoms. The van der Waals surface area contributed by atoms with Crippen molar-refractivity contribution in [3.8, 4) is 5.95 Å². The summed E-state index contributed by atoms with van der Waals surface area (Å²) in [6.45, 7) is 7.71. The SMILES string of the molecule is Cc1cc(C)n(-c2nnc(SCC(=O)N3CCC[C@H](C)C3)n2N)n1. The molecule has 1 aliphatic rings. The van der Waals surface area contributed by atoms with Gasteiger partial charge >= 0.3 is 0 Å². The average Bonchev–Trinajstić information content (AvgIpc) is 3.06. The highest BCUT2D eigenvalue weighted by molar-refractivity contribution is 7.99. The molecule has 130 valence electrons. The number of hydrogen-bond donors (Lipinski definition) is 1. The summed E-state index contributed by atoms with van der Waals surface area (Å²) in [5.41, 5.74) is 1.82. The Morgan fingerprint density at radius 2 is 2.21 bits per heavy atom. The van der Waals surface area contributed by atoms with E-state index in [9.17, 15) is 4.79 Å². The first kappa shape index (κ1) is 16.8. The molecule has 0 bridgehead atoms. The third-order valence-corrected chi connectivity index (χ3v) is 5.11. The number of piperidine rings is 1. The Hall–Kier alpha value is -2.03. The summed E-state index contributed by atoms with van der Waals surface area (Å²) in [6, 6.07) is 1.95. The number of rotatable bonds is 4. The lowest BCUT2D eigenvalue weighted by Crippen LogP contribution is -2.40. The first-order chi connectivity index (χ1) is 11.5. The molecule has 2 aromatic heterocycles. The molecule has 0 unspecified atom stereocenters. The summed E-state index contributed by atoms with van der Waals surface area (Å²) in [6.07, 6.45) is 2.27. The summed E-state index contributed by atoms with van der Waals surface area (Å²) in [5, 5.41) is 13.1. The van der Waals surface area contributed by atoms with Crippen LogP contribution in [-0.4, -0.2) is 54.3 Å². The van der Waals surface area contributed by atoms with Gasteiger partial charge in [0.05, 0.1) is 11.4 Å². The summed E-state index contributed by atoms with van der Waals surface area (Å²) in [5.74, 6) is 7.55. The number of nitrogens with two attached hydrogens (primary N) is 1.